The van der Waals surface area contributed by atoms with E-state index in [1.165, 1.54) is 0 Å². The summed E-state index contributed by atoms with van der Waals surface area (Å²) < 4.78 is 0. The van der Waals surface area contributed by atoms with E-state index in [4.69, 9.17) is 5.11 Å². The van der Waals surface area contributed by atoms with Crippen molar-refractivity contribution in [2.24, 2.45) is 0 Å². The highest BCUT2D eigenvalue weighted by molar-refractivity contribution is 4.63. The molecule has 0 aromatic carbocycles. The molecule has 0 fully saturated rings. The van der Waals surface area contributed by atoms with Crippen LogP contribution in [0.4, 0.5) is 0 Å². The average Bonchev–Trinajstić information content (AvgIpc) is 2.17. The van der Waals surface area contributed by atoms with Gasteiger partial charge < -0.3 is 14.9 Å². The zero-order valence-electron chi connectivity index (χ0n) is 9.45. The minimum atomic E-state index is 0.245. The third-order valence-electron chi connectivity index (χ3n) is 2.68. The average molecular weight is 188 g/mol. The predicted octanol–water partition coefficient (Wildman–Crippen LogP) is 0.641. The first-order chi connectivity index (χ1) is 6.15. The molecule has 1 atom stereocenters. The molecule has 3 heteroatoms. The van der Waals surface area contributed by atoms with E-state index in [1.54, 1.807) is 0 Å². The molecule has 0 amide bonds. The summed E-state index contributed by atoms with van der Waals surface area (Å²) in [6, 6.07) is 0.274. The van der Waals surface area contributed by atoms with Crippen LogP contribution in [0.2, 0.25) is 0 Å². The predicted molar refractivity (Wildman–Crippen MR) is 57.0 cm³/mol. The molecule has 1 unspecified atom stereocenters. The Kier molecular flexibility index (Phi) is 7.23. The Labute approximate surface area is 82.3 Å². The van der Waals surface area contributed by atoms with Crippen LogP contribution in [0.15, 0.2) is 0 Å². The summed E-state index contributed by atoms with van der Waals surface area (Å²) in [6.45, 7) is 11.0. The van der Waals surface area contributed by atoms with Gasteiger partial charge in [-0.1, -0.05) is 13.8 Å². The molecule has 0 aliphatic carbocycles. The summed E-state index contributed by atoms with van der Waals surface area (Å²) in [5.74, 6) is 0. The molecule has 0 saturated heterocycles. The van der Waals surface area contributed by atoms with E-state index >= 15 is 0 Å². The highest BCUT2D eigenvalue weighted by Gasteiger charge is 2.08. The Morgan fingerprint density at radius 3 is 2.08 bits per heavy atom. The molecule has 13 heavy (non-hydrogen) atoms. The molecule has 80 valence electrons. The van der Waals surface area contributed by atoms with Crippen LogP contribution in [0.1, 0.15) is 20.8 Å². The molecule has 0 aromatic rings. The lowest BCUT2D eigenvalue weighted by Gasteiger charge is -2.26. The van der Waals surface area contributed by atoms with Crippen molar-refractivity contribution in [1.82, 2.24) is 9.80 Å². The van der Waals surface area contributed by atoms with Crippen molar-refractivity contribution in [3.8, 4) is 0 Å². The standard InChI is InChI=1S/C10H24N2O/c1-5-12(6-2)8-7-11(4)10(3)9-13/h10,13H,5-9H2,1-4H3. The summed E-state index contributed by atoms with van der Waals surface area (Å²) >= 11 is 0. The quantitative estimate of drug-likeness (QED) is 0.635. The molecule has 1 N–H and O–H groups in total. The van der Waals surface area contributed by atoms with Crippen molar-refractivity contribution >= 4 is 0 Å². The van der Waals surface area contributed by atoms with Crippen LogP contribution in [0.5, 0.6) is 0 Å². The van der Waals surface area contributed by atoms with Gasteiger partial charge in [0.1, 0.15) is 0 Å². The molecule has 0 spiro atoms. The van der Waals surface area contributed by atoms with Gasteiger partial charge in [-0.05, 0) is 27.1 Å². The van der Waals surface area contributed by atoms with Gasteiger partial charge in [-0.25, -0.2) is 0 Å². The molecular weight excluding hydrogens is 164 g/mol. The molecular formula is C10H24N2O. The minimum Gasteiger partial charge on any atom is -0.395 e. The maximum atomic E-state index is 8.93. The van der Waals surface area contributed by atoms with Crippen molar-refractivity contribution in [3.63, 3.8) is 0 Å². The lowest BCUT2D eigenvalue weighted by Crippen LogP contribution is -2.38. The maximum absolute atomic E-state index is 8.93. The van der Waals surface area contributed by atoms with Crippen molar-refractivity contribution in [1.29, 1.82) is 0 Å². The summed E-state index contributed by atoms with van der Waals surface area (Å²) in [6.07, 6.45) is 0. The highest BCUT2D eigenvalue weighted by atomic mass is 16.3. The minimum absolute atomic E-state index is 0.245. The summed E-state index contributed by atoms with van der Waals surface area (Å²) in [5, 5.41) is 8.93. The second kappa shape index (κ2) is 7.30. The summed E-state index contributed by atoms with van der Waals surface area (Å²) in [4.78, 5) is 4.58. The second-order valence-electron chi connectivity index (χ2n) is 3.54. The van der Waals surface area contributed by atoms with Crippen molar-refractivity contribution in [3.05, 3.63) is 0 Å². The number of rotatable bonds is 7. The monoisotopic (exact) mass is 188 g/mol. The third kappa shape index (κ3) is 5.24. The van der Waals surface area contributed by atoms with Crippen molar-refractivity contribution < 1.29 is 5.11 Å². The third-order valence-corrected chi connectivity index (χ3v) is 2.68. The van der Waals surface area contributed by atoms with Gasteiger partial charge in [0.25, 0.3) is 0 Å². The first-order valence-electron chi connectivity index (χ1n) is 5.19. The molecule has 0 radical (unpaired) electrons. The lowest BCUT2D eigenvalue weighted by molar-refractivity contribution is 0.144. The van der Waals surface area contributed by atoms with E-state index in [0.29, 0.717) is 0 Å². The van der Waals surface area contributed by atoms with Gasteiger partial charge in [0.15, 0.2) is 0 Å². The molecule has 0 rings (SSSR count). The van der Waals surface area contributed by atoms with Gasteiger partial charge in [0.2, 0.25) is 0 Å². The Hall–Kier alpha value is -0.120. The van der Waals surface area contributed by atoms with E-state index in [1.807, 2.05) is 6.92 Å². The first kappa shape index (κ1) is 12.9. The molecule has 0 aromatic heterocycles. The van der Waals surface area contributed by atoms with Crippen LogP contribution in [-0.4, -0.2) is 60.8 Å². The van der Waals surface area contributed by atoms with Crippen molar-refractivity contribution in [2.45, 2.75) is 26.8 Å². The number of hydrogen-bond acceptors (Lipinski definition) is 3. The van der Waals surface area contributed by atoms with Gasteiger partial charge in [0.05, 0.1) is 6.61 Å². The maximum Gasteiger partial charge on any atom is 0.0584 e. The van der Waals surface area contributed by atoms with E-state index in [0.717, 1.165) is 26.2 Å². The van der Waals surface area contributed by atoms with E-state index in [2.05, 4.69) is 30.7 Å². The first-order valence-corrected chi connectivity index (χ1v) is 5.19. The zero-order valence-corrected chi connectivity index (χ0v) is 9.45. The fourth-order valence-electron chi connectivity index (χ4n) is 1.20. The fraction of sp³-hybridized carbons (Fsp3) is 1.00. The van der Waals surface area contributed by atoms with E-state index in [9.17, 15) is 0 Å². The summed E-state index contributed by atoms with van der Waals surface area (Å²) in [5.41, 5.74) is 0. The van der Waals surface area contributed by atoms with Crippen LogP contribution < -0.4 is 0 Å². The number of likely N-dealkylation sites (N-methyl/N-ethyl adjacent to an activating group) is 2. The summed E-state index contributed by atoms with van der Waals surface area (Å²) in [7, 11) is 2.06. The van der Waals surface area contributed by atoms with Gasteiger partial charge in [-0.2, -0.15) is 0 Å². The van der Waals surface area contributed by atoms with Crippen LogP contribution >= 0.6 is 0 Å². The Morgan fingerprint density at radius 1 is 1.15 bits per heavy atom. The normalized spacial score (nSPS) is 14.1. The second-order valence-corrected chi connectivity index (χ2v) is 3.54. The molecule has 0 saturated carbocycles. The highest BCUT2D eigenvalue weighted by Crippen LogP contribution is 1.95. The molecule has 0 heterocycles. The number of aliphatic hydroxyl groups is 1. The largest absolute Gasteiger partial charge is 0.395 e. The fourth-order valence-corrected chi connectivity index (χ4v) is 1.20. The molecule has 3 nitrogen and oxygen atoms in total. The topological polar surface area (TPSA) is 26.7 Å². The Balaban J connectivity index is 3.61. The SMILES string of the molecule is CCN(CC)CCN(C)C(C)CO. The van der Waals surface area contributed by atoms with Gasteiger partial charge in [0, 0.05) is 19.1 Å². The number of hydrogen-bond donors (Lipinski definition) is 1. The molecule has 0 aliphatic heterocycles. The van der Waals surface area contributed by atoms with Crippen LogP contribution in [-0.2, 0) is 0 Å². The molecule has 0 bridgehead atoms. The smallest absolute Gasteiger partial charge is 0.0584 e. The lowest BCUT2D eigenvalue weighted by atomic mass is 10.3. The van der Waals surface area contributed by atoms with Crippen LogP contribution in [0.25, 0.3) is 0 Å². The van der Waals surface area contributed by atoms with Gasteiger partial charge in [-0.15, -0.1) is 0 Å². The zero-order chi connectivity index (χ0) is 10.3. The van der Waals surface area contributed by atoms with Crippen LogP contribution in [0, 0.1) is 0 Å². The Bertz CT molecular complexity index is 115. The van der Waals surface area contributed by atoms with Gasteiger partial charge >= 0.3 is 0 Å². The van der Waals surface area contributed by atoms with E-state index < -0.39 is 0 Å². The van der Waals surface area contributed by atoms with Crippen LogP contribution in [0.3, 0.4) is 0 Å². The van der Waals surface area contributed by atoms with Gasteiger partial charge in [-0.3, -0.25) is 0 Å². The van der Waals surface area contributed by atoms with Crippen molar-refractivity contribution in [2.75, 3.05) is 39.8 Å². The number of aliphatic hydroxyl groups excluding tert-OH is 1. The number of nitrogens with zero attached hydrogens (tertiary/aromatic N) is 2. The molecule has 0 aliphatic rings. The van der Waals surface area contributed by atoms with E-state index in [-0.39, 0.29) is 12.6 Å². The Morgan fingerprint density at radius 2 is 1.69 bits per heavy atom.